The van der Waals surface area contributed by atoms with Crippen molar-refractivity contribution in [3.05, 3.63) is 23.8 Å². The molecule has 2 fully saturated rings. The molecule has 2 saturated carbocycles. The van der Waals surface area contributed by atoms with Crippen LogP contribution in [0.25, 0.3) is 0 Å². The molecule has 3 rings (SSSR count). The van der Waals surface area contributed by atoms with E-state index >= 15 is 0 Å². The first-order chi connectivity index (χ1) is 16.1. The molecule has 2 aliphatic carbocycles. The molecule has 0 aromatic carbocycles. The summed E-state index contributed by atoms with van der Waals surface area (Å²) in [5.41, 5.74) is 0.955. The number of carbonyl (C=O) groups excluding carboxylic acids is 2. The molecular formula is C26H41NO6Se. The number of allylic oxidation sites excluding steroid dienone is 1. The number of hydrogen-bond donors (Lipinski definition) is 3. The van der Waals surface area contributed by atoms with Crippen molar-refractivity contribution in [3.63, 3.8) is 0 Å². The van der Waals surface area contributed by atoms with Gasteiger partial charge in [0, 0.05) is 0 Å². The summed E-state index contributed by atoms with van der Waals surface area (Å²) in [6.07, 6.45) is 5.69. The van der Waals surface area contributed by atoms with E-state index in [4.69, 9.17) is 9.47 Å². The average Bonchev–Trinajstić information content (AvgIpc) is 3.25. The van der Waals surface area contributed by atoms with Crippen molar-refractivity contribution >= 4 is 26.9 Å². The summed E-state index contributed by atoms with van der Waals surface area (Å²) in [4.78, 5) is 25.2. The Labute approximate surface area is 209 Å². The molecule has 0 spiro atoms. The molecule has 7 atom stereocenters. The van der Waals surface area contributed by atoms with Gasteiger partial charge in [0.2, 0.25) is 0 Å². The Hall–Kier alpha value is -1.18. The second kappa shape index (κ2) is 11.3. The number of methoxy groups -OCH3 is 1. The van der Waals surface area contributed by atoms with Crippen LogP contribution in [0.2, 0.25) is 11.1 Å². The Kier molecular flexibility index (Phi) is 9.07. The van der Waals surface area contributed by atoms with Gasteiger partial charge in [-0.15, -0.1) is 0 Å². The number of rotatable bonds is 10. The van der Waals surface area contributed by atoms with Gasteiger partial charge in [0.05, 0.1) is 0 Å². The van der Waals surface area contributed by atoms with Crippen LogP contribution in [0, 0.1) is 22.7 Å². The molecule has 3 aliphatic rings. The molecule has 0 saturated heterocycles. The quantitative estimate of drug-likeness (QED) is 0.222. The van der Waals surface area contributed by atoms with Crippen LogP contribution >= 0.6 is 0 Å². The van der Waals surface area contributed by atoms with Crippen LogP contribution in [0.15, 0.2) is 23.8 Å². The number of hydrogen-bond acceptors (Lipinski definition) is 7. The van der Waals surface area contributed by atoms with Crippen LogP contribution in [0.1, 0.15) is 52.4 Å². The summed E-state index contributed by atoms with van der Waals surface area (Å²) in [7, 11) is 1.39. The predicted molar refractivity (Wildman–Crippen MR) is 131 cm³/mol. The van der Waals surface area contributed by atoms with Crippen molar-refractivity contribution in [2.24, 2.45) is 22.7 Å². The number of ether oxygens (including phenoxy) is 2. The first-order valence-corrected chi connectivity index (χ1v) is 15.2. The number of aliphatic hydroxyl groups excluding tert-OH is 2. The third kappa shape index (κ3) is 5.17. The van der Waals surface area contributed by atoms with Crippen LogP contribution in [0.5, 0.6) is 0 Å². The maximum absolute atomic E-state index is 12.6. The van der Waals surface area contributed by atoms with Gasteiger partial charge < -0.3 is 0 Å². The van der Waals surface area contributed by atoms with Crippen molar-refractivity contribution in [2.45, 2.75) is 81.7 Å². The van der Waals surface area contributed by atoms with E-state index in [-0.39, 0.29) is 48.4 Å². The Morgan fingerprint density at radius 1 is 1.41 bits per heavy atom. The number of esters is 2. The Balaban J connectivity index is 1.93. The van der Waals surface area contributed by atoms with Crippen molar-refractivity contribution in [1.29, 1.82) is 0 Å². The third-order valence-corrected chi connectivity index (χ3v) is 10.1. The standard InChI is InChI=1S/C26H41NO6Se/c1-16-6-7-21-25(2,11-8-22(29)26(21,3)15-28)18(16)14-20(17-9-12-33-23(17)30)27-19(10-13-34-5)24(31)32-4/h9,18-22,27-29H,1,6-8,10-15H2,2-5H3/t18-,19?,20?,21?,22?,25+,26-/m0/s1. The zero-order valence-corrected chi connectivity index (χ0v) is 22.7. The fourth-order valence-electron chi connectivity index (χ4n) is 6.70. The SMILES string of the molecule is C=C1CCC2[C@](C)(CO)C(O)CC[C@]2(C)[C@H]1CC(NC(CC[Se]C)C(=O)OC)C1=CCOC1=O. The molecule has 0 radical (unpaired) electrons. The minimum absolute atomic E-state index is 0.0596. The van der Waals surface area contributed by atoms with E-state index in [0.717, 1.165) is 30.2 Å². The van der Waals surface area contributed by atoms with E-state index in [9.17, 15) is 19.8 Å². The summed E-state index contributed by atoms with van der Waals surface area (Å²) >= 11 is 0.422. The molecule has 0 aromatic heterocycles. The molecule has 1 heterocycles. The second-order valence-electron chi connectivity index (χ2n) is 10.6. The predicted octanol–water partition coefficient (Wildman–Crippen LogP) is 2.66. The van der Waals surface area contributed by atoms with E-state index in [1.54, 1.807) is 0 Å². The number of fused-ring (bicyclic) bond motifs is 1. The van der Waals surface area contributed by atoms with Crippen LogP contribution in [-0.4, -0.2) is 75.6 Å². The van der Waals surface area contributed by atoms with Crippen LogP contribution < -0.4 is 5.32 Å². The summed E-state index contributed by atoms with van der Waals surface area (Å²) in [5, 5.41) is 25.5. The molecule has 34 heavy (non-hydrogen) atoms. The van der Waals surface area contributed by atoms with E-state index < -0.39 is 17.6 Å². The molecule has 0 aromatic rings. The van der Waals surface area contributed by atoms with Gasteiger partial charge in [0.1, 0.15) is 0 Å². The molecular weight excluding hydrogens is 501 g/mol. The zero-order valence-electron chi connectivity index (χ0n) is 21.0. The van der Waals surface area contributed by atoms with Gasteiger partial charge in [0.15, 0.2) is 0 Å². The molecule has 4 unspecified atom stereocenters. The molecule has 1 aliphatic heterocycles. The molecule has 3 N–H and O–H groups in total. The van der Waals surface area contributed by atoms with Crippen molar-refractivity contribution < 1.29 is 29.3 Å². The average molecular weight is 543 g/mol. The topological polar surface area (TPSA) is 105 Å². The molecule has 0 bridgehead atoms. The molecule has 0 amide bonds. The summed E-state index contributed by atoms with van der Waals surface area (Å²) in [6, 6.07) is -0.865. The fraction of sp³-hybridized carbons (Fsp3) is 0.769. The van der Waals surface area contributed by atoms with Gasteiger partial charge >= 0.3 is 210 Å². The number of cyclic esters (lactones) is 1. The van der Waals surface area contributed by atoms with E-state index in [1.807, 2.05) is 13.0 Å². The van der Waals surface area contributed by atoms with Gasteiger partial charge in [-0.2, -0.15) is 0 Å². The van der Waals surface area contributed by atoms with Gasteiger partial charge in [-0.05, 0) is 0 Å². The molecule has 7 nitrogen and oxygen atoms in total. The molecule has 192 valence electrons. The second-order valence-corrected chi connectivity index (χ2v) is 12.7. The Morgan fingerprint density at radius 2 is 2.15 bits per heavy atom. The third-order valence-electron chi connectivity index (χ3n) is 8.79. The maximum atomic E-state index is 12.6. The van der Waals surface area contributed by atoms with Crippen molar-refractivity contribution in [1.82, 2.24) is 5.32 Å². The Morgan fingerprint density at radius 3 is 2.74 bits per heavy atom. The van der Waals surface area contributed by atoms with E-state index in [1.165, 1.54) is 7.11 Å². The summed E-state index contributed by atoms with van der Waals surface area (Å²) in [6.45, 7) is 8.86. The van der Waals surface area contributed by atoms with Crippen LogP contribution in [-0.2, 0) is 19.1 Å². The van der Waals surface area contributed by atoms with Gasteiger partial charge in [-0.3, -0.25) is 0 Å². The Bertz CT molecular complexity index is 815. The number of carbonyl (C=O) groups is 2. The normalized spacial score (nSPS) is 35.2. The van der Waals surface area contributed by atoms with Crippen molar-refractivity contribution in [3.8, 4) is 0 Å². The summed E-state index contributed by atoms with van der Waals surface area (Å²) in [5.74, 6) is 1.68. The van der Waals surface area contributed by atoms with E-state index in [0.29, 0.717) is 39.8 Å². The van der Waals surface area contributed by atoms with Crippen LogP contribution in [0.3, 0.4) is 0 Å². The number of aliphatic hydroxyl groups is 2. The van der Waals surface area contributed by atoms with Gasteiger partial charge in [0.25, 0.3) is 0 Å². The van der Waals surface area contributed by atoms with E-state index in [2.05, 4.69) is 24.6 Å². The van der Waals surface area contributed by atoms with Crippen molar-refractivity contribution in [2.75, 3.05) is 20.3 Å². The monoisotopic (exact) mass is 543 g/mol. The first kappa shape index (κ1) is 27.4. The first-order valence-electron chi connectivity index (χ1n) is 12.3. The number of nitrogens with one attached hydrogen (secondary N) is 1. The van der Waals surface area contributed by atoms with Crippen LogP contribution in [0.4, 0.5) is 0 Å². The van der Waals surface area contributed by atoms with Gasteiger partial charge in [-0.1, -0.05) is 0 Å². The molecule has 8 heteroatoms. The van der Waals surface area contributed by atoms with Gasteiger partial charge in [-0.25, -0.2) is 0 Å². The zero-order chi connectivity index (χ0) is 25.1. The summed E-state index contributed by atoms with van der Waals surface area (Å²) < 4.78 is 10.3. The fourth-order valence-corrected chi connectivity index (χ4v) is 7.69. The minimum atomic E-state index is -0.571.